The number of methoxy groups -OCH3 is 1. The van der Waals surface area contributed by atoms with Gasteiger partial charge in [0.1, 0.15) is 11.7 Å². The Bertz CT molecular complexity index is 514. The van der Waals surface area contributed by atoms with E-state index >= 15 is 0 Å². The number of rotatable bonds is 9. The van der Waals surface area contributed by atoms with Crippen LogP contribution in [0.5, 0.6) is 0 Å². The highest BCUT2D eigenvalue weighted by atomic mass is 16.6. The summed E-state index contributed by atoms with van der Waals surface area (Å²) >= 11 is 0. The van der Waals surface area contributed by atoms with Crippen LogP contribution in [0.2, 0.25) is 0 Å². The minimum atomic E-state index is -1.07. The lowest BCUT2D eigenvalue weighted by Crippen LogP contribution is -2.31. The fourth-order valence-corrected chi connectivity index (χ4v) is 2.02. The summed E-state index contributed by atoms with van der Waals surface area (Å²) in [6, 6.07) is -0.930. The molecule has 0 aliphatic rings. The molecular weight excluding hydrogens is 280 g/mol. The van der Waals surface area contributed by atoms with Crippen LogP contribution in [0.25, 0.3) is 0 Å². The molecule has 118 valence electrons. The number of anilines is 1. The number of aryl methyl sites for hydroxylation is 2. The number of carboxylic acids is 1. The number of hydrogen-bond acceptors (Lipinski definition) is 6. The molecule has 1 heterocycles. The van der Waals surface area contributed by atoms with Crippen molar-refractivity contribution in [3.8, 4) is 0 Å². The summed E-state index contributed by atoms with van der Waals surface area (Å²) in [5.74, 6) is -0.938. The Labute approximate surface area is 122 Å². The van der Waals surface area contributed by atoms with Crippen LogP contribution in [0.3, 0.4) is 0 Å². The number of nitro groups is 1. The van der Waals surface area contributed by atoms with Crippen LogP contribution >= 0.6 is 0 Å². The van der Waals surface area contributed by atoms with Gasteiger partial charge in [-0.15, -0.1) is 0 Å². The minimum Gasteiger partial charge on any atom is -0.480 e. The summed E-state index contributed by atoms with van der Waals surface area (Å²) in [6.45, 7) is 4.14. The molecule has 2 N–H and O–H groups in total. The smallest absolute Gasteiger partial charge is 0.333 e. The normalized spacial score (nSPS) is 12.1. The molecule has 1 aromatic rings. The van der Waals surface area contributed by atoms with Crippen molar-refractivity contribution in [1.29, 1.82) is 0 Å². The van der Waals surface area contributed by atoms with E-state index in [0.29, 0.717) is 26.0 Å². The van der Waals surface area contributed by atoms with Crippen molar-refractivity contribution in [3.05, 3.63) is 15.8 Å². The Balaban J connectivity index is 3.02. The number of nitrogens with zero attached hydrogens (tertiary/aromatic N) is 3. The van der Waals surface area contributed by atoms with Gasteiger partial charge in [-0.25, -0.2) is 9.48 Å². The van der Waals surface area contributed by atoms with Crippen LogP contribution in [0.4, 0.5) is 11.5 Å². The van der Waals surface area contributed by atoms with Gasteiger partial charge in [-0.1, -0.05) is 0 Å². The molecule has 0 aliphatic carbocycles. The van der Waals surface area contributed by atoms with E-state index in [-0.39, 0.29) is 17.2 Å². The Morgan fingerprint density at radius 3 is 2.76 bits per heavy atom. The third kappa shape index (κ3) is 4.15. The second-order valence-corrected chi connectivity index (χ2v) is 4.53. The van der Waals surface area contributed by atoms with E-state index in [4.69, 9.17) is 4.74 Å². The molecule has 0 aromatic carbocycles. The fraction of sp³-hybridized carbons (Fsp3) is 0.667. The van der Waals surface area contributed by atoms with Gasteiger partial charge in [0, 0.05) is 20.3 Å². The van der Waals surface area contributed by atoms with Crippen molar-refractivity contribution < 1.29 is 19.6 Å². The highest BCUT2D eigenvalue weighted by Crippen LogP contribution is 2.29. The molecule has 1 aromatic heterocycles. The molecule has 1 rings (SSSR count). The summed E-state index contributed by atoms with van der Waals surface area (Å²) in [4.78, 5) is 21.9. The van der Waals surface area contributed by atoms with Crippen molar-refractivity contribution in [2.45, 2.75) is 39.3 Å². The molecule has 0 amide bonds. The van der Waals surface area contributed by atoms with Gasteiger partial charge in [0.05, 0.1) is 4.92 Å². The number of carboxylic acid groups (broad SMARTS) is 1. The molecule has 0 bridgehead atoms. The van der Waals surface area contributed by atoms with Gasteiger partial charge in [-0.05, 0) is 26.7 Å². The van der Waals surface area contributed by atoms with E-state index in [0.717, 1.165) is 0 Å². The zero-order chi connectivity index (χ0) is 16.0. The van der Waals surface area contributed by atoms with Gasteiger partial charge >= 0.3 is 11.7 Å². The SMILES string of the molecule is CCn1nc(C)c([N+](=O)[O-])c1NC(CCCOC)C(=O)O. The Morgan fingerprint density at radius 2 is 2.29 bits per heavy atom. The summed E-state index contributed by atoms with van der Waals surface area (Å²) in [6.07, 6.45) is 0.835. The molecule has 9 nitrogen and oxygen atoms in total. The molecule has 1 unspecified atom stereocenters. The lowest BCUT2D eigenvalue weighted by molar-refractivity contribution is -0.384. The molecule has 0 radical (unpaired) electrons. The van der Waals surface area contributed by atoms with E-state index in [2.05, 4.69) is 10.4 Å². The maximum Gasteiger partial charge on any atom is 0.333 e. The van der Waals surface area contributed by atoms with Gasteiger partial charge in [-0.2, -0.15) is 5.10 Å². The summed E-state index contributed by atoms with van der Waals surface area (Å²) < 4.78 is 6.29. The van der Waals surface area contributed by atoms with Crippen molar-refractivity contribution in [2.75, 3.05) is 19.0 Å². The van der Waals surface area contributed by atoms with E-state index in [1.54, 1.807) is 6.92 Å². The first-order valence-corrected chi connectivity index (χ1v) is 6.62. The van der Waals surface area contributed by atoms with Gasteiger partial charge in [0.25, 0.3) is 0 Å². The van der Waals surface area contributed by atoms with Gasteiger partial charge in [-0.3, -0.25) is 10.1 Å². The molecule has 0 aliphatic heterocycles. The maximum absolute atomic E-state index is 11.3. The number of aromatic nitrogens is 2. The Kier molecular flexibility index (Phi) is 6.10. The standard InChI is InChI=1S/C12H20N4O5/c1-4-15-11(10(16(19)20)8(2)14-15)13-9(12(17)18)6-5-7-21-3/h9,13H,4-7H2,1-3H3,(H,17,18). The summed E-state index contributed by atoms with van der Waals surface area (Å²) in [5, 5.41) is 27.1. The molecular formula is C12H20N4O5. The molecule has 1 atom stereocenters. The quantitative estimate of drug-likeness (QED) is 0.402. The third-order valence-corrected chi connectivity index (χ3v) is 3.03. The lowest BCUT2D eigenvalue weighted by Gasteiger charge is -2.15. The van der Waals surface area contributed by atoms with Crippen LogP contribution in [0.15, 0.2) is 0 Å². The van der Waals surface area contributed by atoms with E-state index in [9.17, 15) is 20.0 Å². The predicted molar refractivity (Wildman–Crippen MR) is 75.4 cm³/mol. The summed E-state index contributed by atoms with van der Waals surface area (Å²) in [7, 11) is 1.53. The van der Waals surface area contributed by atoms with Crippen LogP contribution in [0.1, 0.15) is 25.5 Å². The molecule has 0 spiro atoms. The van der Waals surface area contributed by atoms with Crippen LogP contribution < -0.4 is 5.32 Å². The first-order chi connectivity index (χ1) is 9.92. The van der Waals surface area contributed by atoms with Gasteiger partial charge in [0.2, 0.25) is 5.82 Å². The predicted octanol–water partition coefficient (Wildman–Crippen LogP) is 1.41. The van der Waals surface area contributed by atoms with E-state index in [1.807, 2.05) is 0 Å². The molecule has 9 heteroatoms. The lowest BCUT2D eigenvalue weighted by atomic mass is 10.1. The molecule has 21 heavy (non-hydrogen) atoms. The molecule has 0 saturated carbocycles. The highest BCUT2D eigenvalue weighted by molar-refractivity contribution is 5.78. The van der Waals surface area contributed by atoms with Gasteiger partial charge in [0.15, 0.2) is 0 Å². The zero-order valence-corrected chi connectivity index (χ0v) is 12.3. The van der Waals surface area contributed by atoms with E-state index in [1.165, 1.54) is 18.7 Å². The number of hydrogen-bond donors (Lipinski definition) is 2. The third-order valence-electron chi connectivity index (χ3n) is 3.03. The minimum absolute atomic E-state index is 0.129. The Morgan fingerprint density at radius 1 is 1.62 bits per heavy atom. The maximum atomic E-state index is 11.3. The zero-order valence-electron chi connectivity index (χ0n) is 12.3. The monoisotopic (exact) mass is 300 g/mol. The van der Waals surface area contributed by atoms with Crippen LogP contribution in [0, 0.1) is 17.0 Å². The highest BCUT2D eigenvalue weighted by Gasteiger charge is 2.28. The number of carbonyl (C=O) groups is 1. The van der Waals surface area contributed by atoms with Crippen LogP contribution in [-0.4, -0.2) is 45.5 Å². The second-order valence-electron chi connectivity index (χ2n) is 4.53. The second kappa shape index (κ2) is 7.58. The first kappa shape index (κ1) is 16.9. The van der Waals surface area contributed by atoms with E-state index < -0.39 is 16.9 Å². The molecule has 0 saturated heterocycles. The summed E-state index contributed by atoms with van der Waals surface area (Å²) in [5.41, 5.74) is 0.0696. The number of aliphatic carboxylic acids is 1. The average molecular weight is 300 g/mol. The van der Waals surface area contributed by atoms with Crippen molar-refractivity contribution in [1.82, 2.24) is 9.78 Å². The largest absolute Gasteiger partial charge is 0.480 e. The Hall–Kier alpha value is -2.16. The first-order valence-electron chi connectivity index (χ1n) is 6.62. The topological polar surface area (TPSA) is 120 Å². The van der Waals surface area contributed by atoms with Crippen molar-refractivity contribution in [3.63, 3.8) is 0 Å². The van der Waals surface area contributed by atoms with Gasteiger partial charge < -0.3 is 15.2 Å². The number of nitrogens with one attached hydrogen (secondary N) is 1. The fourth-order valence-electron chi connectivity index (χ4n) is 2.02. The molecule has 0 fully saturated rings. The van der Waals surface area contributed by atoms with Crippen LogP contribution in [-0.2, 0) is 16.1 Å². The average Bonchev–Trinajstić information content (AvgIpc) is 2.73. The van der Waals surface area contributed by atoms with Crippen molar-refractivity contribution in [2.24, 2.45) is 0 Å². The number of ether oxygens (including phenoxy) is 1. The van der Waals surface area contributed by atoms with Crippen molar-refractivity contribution >= 4 is 17.5 Å².